The maximum Gasteiger partial charge on any atom is 0.243 e. The van der Waals surface area contributed by atoms with Crippen LogP contribution in [0.5, 0.6) is 11.5 Å². The molecule has 0 fully saturated rings. The molecule has 0 atom stereocenters. The van der Waals surface area contributed by atoms with Gasteiger partial charge in [-0.25, -0.2) is 0 Å². The van der Waals surface area contributed by atoms with E-state index in [9.17, 15) is 15.0 Å². The van der Waals surface area contributed by atoms with Crippen LogP contribution >= 0.6 is 0 Å². The summed E-state index contributed by atoms with van der Waals surface area (Å²) in [4.78, 5) is 11.7. The molecule has 0 unspecified atom stereocenters. The fraction of sp³-hybridized carbons (Fsp3) is 0.133. The van der Waals surface area contributed by atoms with E-state index < -0.39 is 0 Å². The van der Waals surface area contributed by atoms with Crippen LogP contribution < -0.4 is 10.6 Å². The first-order valence-corrected chi connectivity index (χ1v) is 6.17. The summed E-state index contributed by atoms with van der Waals surface area (Å²) in [5, 5.41) is 24.6. The van der Waals surface area contributed by atoms with Crippen LogP contribution in [0.25, 0.3) is 0 Å². The van der Waals surface area contributed by atoms with Crippen molar-refractivity contribution in [3.8, 4) is 11.5 Å². The Labute approximate surface area is 116 Å². The van der Waals surface area contributed by atoms with E-state index in [0.29, 0.717) is 11.4 Å². The van der Waals surface area contributed by atoms with E-state index in [-0.39, 0.29) is 24.0 Å². The molecule has 0 bridgehead atoms. The molecule has 0 saturated carbocycles. The lowest BCUT2D eigenvalue weighted by Gasteiger charge is -2.09. The minimum Gasteiger partial charge on any atom is -0.508 e. The van der Waals surface area contributed by atoms with E-state index in [1.807, 2.05) is 0 Å². The van der Waals surface area contributed by atoms with Crippen LogP contribution in [0.1, 0.15) is 5.56 Å². The summed E-state index contributed by atoms with van der Waals surface area (Å²) in [6, 6.07) is 11.6. The van der Waals surface area contributed by atoms with Crippen LogP contribution in [0.4, 0.5) is 11.4 Å². The number of amides is 1. The average Bonchev–Trinajstić information content (AvgIpc) is 2.43. The molecule has 0 aromatic heterocycles. The van der Waals surface area contributed by atoms with Gasteiger partial charge in [0.15, 0.2) is 0 Å². The molecule has 0 heterocycles. The van der Waals surface area contributed by atoms with Gasteiger partial charge >= 0.3 is 0 Å². The van der Waals surface area contributed by atoms with E-state index in [0.717, 1.165) is 5.56 Å². The van der Waals surface area contributed by atoms with Crippen molar-refractivity contribution in [2.45, 2.75) is 6.92 Å². The molecular weight excluding hydrogens is 256 g/mol. The first kappa shape index (κ1) is 13.7. The molecule has 104 valence electrons. The molecule has 0 aliphatic carbocycles. The number of carbonyl (C=O) groups is 1. The van der Waals surface area contributed by atoms with Crippen molar-refractivity contribution in [3.63, 3.8) is 0 Å². The van der Waals surface area contributed by atoms with Crippen LogP contribution in [0.15, 0.2) is 42.5 Å². The standard InChI is InChI=1S/C15H16N2O3/c1-10-6-7-11(8-14(10)19)16-9-15(20)17-12-4-2-3-5-13(12)18/h2-8,16,18-19H,9H2,1H3,(H,17,20). The zero-order valence-electron chi connectivity index (χ0n) is 11.1. The highest BCUT2D eigenvalue weighted by Gasteiger charge is 2.06. The SMILES string of the molecule is Cc1ccc(NCC(=O)Nc2ccccc2O)cc1O. The predicted molar refractivity (Wildman–Crippen MR) is 78.1 cm³/mol. The van der Waals surface area contributed by atoms with Gasteiger partial charge in [0, 0.05) is 11.8 Å². The summed E-state index contributed by atoms with van der Waals surface area (Å²) in [5.41, 5.74) is 1.79. The van der Waals surface area contributed by atoms with Gasteiger partial charge in [-0.15, -0.1) is 0 Å². The normalized spacial score (nSPS) is 10.1. The zero-order chi connectivity index (χ0) is 14.5. The highest BCUT2D eigenvalue weighted by atomic mass is 16.3. The van der Waals surface area contributed by atoms with Crippen molar-refractivity contribution in [1.29, 1.82) is 0 Å². The largest absolute Gasteiger partial charge is 0.508 e. The summed E-state index contributed by atoms with van der Waals surface area (Å²) in [7, 11) is 0. The third-order valence-electron chi connectivity index (χ3n) is 2.84. The van der Waals surface area contributed by atoms with E-state index >= 15 is 0 Å². The van der Waals surface area contributed by atoms with Gasteiger partial charge < -0.3 is 20.8 Å². The number of benzene rings is 2. The van der Waals surface area contributed by atoms with Gasteiger partial charge in [0.2, 0.25) is 5.91 Å². The second-order valence-corrected chi connectivity index (χ2v) is 4.42. The van der Waals surface area contributed by atoms with Crippen molar-refractivity contribution in [3.05, 3.63) is 48.0 Å². The number of carbonyl (C=O) groups excluding carboxylic acids is 1. The highest BCUT2D eigenvalue weighted by Crippen LogP contribution is 2.22. The van der Waals surface area contributed by atoms with Crippen LogP contribution in [0.3, 0.4) is 0 Å². The monoisotopic (exact) mass is 272 g/mol. The second-order valence-electron chi connectivity index (χ2n) is 4.42. The van der Waals surface area contributed by atoms with Gasteiger partial charge in [-0.1, -0.05) is 18.2 Å². The number of rotatable bonds is 4. The number of phenolic OH excluding ortho intramolecular Hbond substituents is 2. The Balaban J connectivity index is 1.92. The van der Waals surface area contributed by atoms with Gasteiger partial charge in [0.25, 0.3) is 0 Å². The first-order valence-electron chi connectivity index (χ1n) is 6.17. The first-order chi connectivity index (χ1) is 9.56. The predicted octanol–water partition coefficient (Wildman–Crippen LogP) is 2.46. The Morgan fingerprint density at radius 2 is 1.85 bits per heavy atom. The van der Waals surface area contributed by atoms with Crippen LogP contribution in [-0.2, 0) is 4.79 Å². The fourth-order valence-corrected chi connectivity index (χ4v) is 1.68. The smallest absolute Gasteiger partial charge is 0.243 e. The molecule has 0 spiro atoms. The summed E-state index contributed by atoms with van der Waals surface area (Å²) >= 11 is 0. The summed E-state index contributed by atoms with van der Waals surface area (Å²) in [6.07, 6.45) is 0. The Hall–Kier alpha value is -2.69. The Morgan fingerprint density at radius 1 is 1.10 bits per heavy atom. The molecule has 0 saturated heterocycles. The lowest BCUT2D eigenvalue weighted by molar-refractivity contribution is -0.114. The summed E-state index contributed by atoms with van der Waals surface area (Å²) in [5.74, 6) is -0.0866. The van der Waals surface area contributed by atoms with Crippen molar-refractivity contribution in [2.24, 2.45) is 0 Å². The number of aromatic hydroxyl groups is 2. The van der Waals surface area contributed by atoms with E-state index in [4.69, 9.17) is 0 Å². The van der Waals surface area contributed by atoms with Crippen molar-refractivity contribution < 1.29 is 15.0 Å². The number of phenols is 2. The van der Waals surface area contributed by atoms with Crippen molar-refractivity contribution in [2.75, 3.05) is 17.2 Å². The van der Waals surface area contributed by atoms with Gasteiger partial charge in [-0.05, 0) is 30.7 Å². The van der Waals surface area contributed by atoms with Gasteiger partial charge in [0.1, 0.15) is 11.5 Å². The third kappa shape index (κ3) is 3.41. The molecule has 2 aromatic carbocycles. The Bertz CT molecular complexity index is 626. The molecule has 2 rings (SSSR count). The number of hydrogen-bond acceptors (Lipinski definition) is 4. The molecule has 20 heavy (non-hydrogen) atoms. The number of anilines is 2. The fourth-order valence-electron chi connectivity index (χ4n) is 1.68. The number of para-hydroxylation sites is 2. The molecule has 0 aliphatic heterocycles. The molecule has 5 nitrogen and oxygen atoms in total. The lowest BCUT2D eigenvalue weighted by Crippen LogP contribution is -2.21. The number of aryl methyl sites for hydroxylation is 1. The van der Waals surface area contributed by atoms with Gasteiger partial charge in [0.05, 0.1) is 12.2 Å². The maximum absolute atomic E-state index is 11.7. The maximum atomic E-state index is 11.7. The molecule has 0 radical (unpaired) electrons. The van der Waals surface area contributed by atoms with Crippen LogP contribution in [0, 0.1) is 6.92 Å². The zero-order valence-corrected chi connectivity index (χ0v) is 11.1. The second kappa shape index (κ2) is 5.97. The minimum atomic E-state index is -0.286. The third-order valence-corrected chi connectivity index (χ3v) is 2.84. The molecule has 0 aliphatic rings. The minimum absolute atomic E-state index is 0.0221. The Kier molecular flexibility index (Phi) is 4.10. The molecule has 1 amide bonds. The van der Waals surface area contributed by atoms with Crippen LogP contribution in [-0.4, -0.2) is 22.7 Å². The summed E-state index contributed by atoms with van der Waals surface area (Å²) in [6.45, 7) is 1.83. The number of nitrogens with one attached hydrogen (secondary N) is 2. The highest BCUT2D eigenvalue weighted by molar-refractivity contribution is 5.95. The lowest BCUT2D eigenvalue weighted by atomic mass is 10.2. The summed E-state index contributed by atoms with van der Waals surface area (Å²) < 4.78 is 0. The molecular formula is C15H16N2O3. The quantitative estimate of drug-likeness (QED) is 0.644. The van der Waals surface area contributed by atoms with Crippen LogP contribution in [0.2, 0.25) is 0 Å². The van der Waals surface area contributed by atoms with E-state index in [1.165, 1.54) is 6.07 Å². The average molecular weight is 272 g/mol. The van der Waals surface area contributed by atoms with E-state index in [2.05, 4.69) is 10.6 Å². The van der Waals surface area contributed by atoms with Gasteiger partial charge in [-0.3, -0.25) is 4.79 Å². The van der Waals surface area contributed by atoms with Crippen molar-refractivity contribution >= 4 is 17.3 Å². The molecule has 5 heteroatoms. The molecule has 4 N–H and O–H groups in total. The number of hydrogen-bond donors (Lipinski definition) is 4. The topological polar surface area (TPSA) is 81.6 Å². The Morgan fingerprint density at radius 3 is 2.55 bits per heavy atom. The van der Waals surface area contributed by atoms with E-state index in [1.54, 1.807) is 43.3 Å². The van der Waals surface area contributed by atoms with Crippen molar-refractivity contribution in [1.82, 2.24) is 0 Å². The molecule has 2 aromatic rings. The van der Waals surface area contributed by atoms with Gasteiger partial charge in [-0.2, -0.15) is 0 Å².